The van der Waals surface area contributed by atoms with Crippen LogP contribution in [0.15, 0.2) is 32.8 Å². The summed E-state index contributed by atoms with van der Waals surface area (Å²) in [6.45, 7) is 3.40. The number of nitrogens with one attached hydrogen (secondary N) is 1. The lowest BCUT2D eigenvalue weighted by Crippen LogP contribution is -2.46. The summed E-state index contributed by atoms with van der Waals surface area (Å²) < 4.78 is 6.30. The summed E-state index contributed by atoms with van der Waals surface area (Å²) >= 11 is 9.49. The van der Waals surface area contributed by atoms with Gasteiger partial charge in [-0.1, -0.05) is 23.4 Å². The molecule has 2 aromatic rings. The molecular formula is C17H21Cl2N3O2S2. The number of rotatable bonds is 5. The van der Waals surface area contributed by atoms with Crippen molar-refractivity contribution in [2.24, 2.45) is 11.1 Å². The summed E-state index contributed by atoms with van der Waals surface area (Å²) in [6.07, 6.45) is 1.28. The highest BCUT2D eigenvalue weighted by atomic mass is 35.5. The number of nitrogens with two attached hydrogens (primary N) is 1. The van der Waals surface area contributed by atoms with Crippen LogP contribution < -0.4 is 11.1 Å². The molecule has 26 heavy (non-hydrogen) atoms. The van der Waals surface area contributed by atoms with E-state index >= 15 is 0 Å². The lowest BCUT2D eigenvalue weighted by atomic mass is 9.79. The van der Waals surface area contributed by atoms with E-state index in [-0.39, 0.29) is 18.3 Å². The van der Waals surface area contributed by atoms with E-state index in [9.17, 15) is 4.79 Å². The van der Waals surface area contributed by atoms with E-state index in [0.29, 0.717) is 43.3 Å². The number of benzene rings is 1. The molecule has 1 aromatic heterocycles. The Morgan fingerprint density at radius 3 is 2.77 bits per heavy atom. The molecule has 1 saturated heterocycles. The molecule has 1 aromatic carbocycles. The van der Waals surface area contributed by atoms with E-state index in [1.165, 1.54) is 11.8 Å². The van der Waals surface area contributed by atoms with Crippen LogP contribution in [-0.4, -0.2) is 30.6 Å². The Hall–Kier alpha value is -0.830. The Bertz CT molecular complexity index is 764. The number of halogens is 2. The summed E-state index contributed by atoms with van der Waals surface area (Å²) in [5.41, 5.74) is 7.00. The van der Waals surface area contributed by atoms with Crippen molar-refractivity contribution in [3.8, 4) is 0 Å². The van der Waals surface area contributed by atoms with Crippen molar-refractivity contribution < 1.29 is 9.53 Å². The van der Waals surface area contributed by atoms with Gasteiger partial charge in [0, 0.05) is 41.4 Å². The van der Waals surface area contributed by atoms with Crippen LogP contribution in [0.1, 0.15) is 18.5 Å². The monoisotopic (exact) mass is 433 g/mol. The number of aromatic nitrogens is 1. The highest BCUT2D eigenvalue weighted by Crippen LogP contribution is 2.37. The van der Waals surface area contributed by atoms with Gasteiger partial charge in [0.05, 0.1) is 10.4 Å². The molecule has 9 heteroatoms. The third kappa shape index (κ3) is 4.91. The first-order chi connectivity index (χ1) is 12.0. The molecule has 1 fully saturated rings. The van der Waals surface area contributed by atoms with Gasteiger partial charge in [0.25, 0.3) is 0 Å². The number of aryl methyl sites for hydroxylation is 1. The van der Waals surface area contributed by atoms with Crippen LogP contribution in [0.2, 0.25) is 5.02 Å². The minimum atomic E-state index is -0.559. The lowest BCUT2D eigenvalue weighted by molar-refractivity contribution is -0.130. The number of carbonyl (C=O) groups is 1. The maximum Gasteiger partial charge on any atom is 0.232 e. The van der Waals surface area contributed by atoms with Crippen LogP contribution in [0.4, 0.5) is 5.69 Å². The van der Waals surface area contributed by atoms with Gasteiger partial charge in [-0.25, -0.2) is 4.98 Å². The van der Waals surface area contributed by atoms with Crippen molar-refractivity contribution in [1.29, 1.82) is 0 Å². The smallest absolute Gasteiger partial charge is 0.232 e. The number of hydrogen-bond donors (Lipinski definition) is 2. The van der Waals surface area contributed by atoms with Crippen molar-refractivity contribution in [2.45, 2.75) is 29.0 Å². The predicted molar refractivity (Wildman–Crippen MR) is 110 cm³/mol. The molecule has 5 nitrogen and oxygen atoms in total. The highest BCUT2D eigenvalue weighted by Gasteiger charge is 2.38. The van der Waals surface area contributed by atoms with Gasteiger partial charge in [-0.2, -0.15) is 0 Å². The fourth-order valence-corrected chi connectivity index (χ4v) is 4.78. The van der Waals surface area contributed by atoms with Crippen LogP contribution in [0.25, 0.3) is 0 Å². The summed E-state index contributed by atoms with van der Waals surface area (Å²) in [5.74, 6) is -0.0645. The maximum absolute atomic E-state index is 12.7. The second-order valence-electron chi connectivity index (χ2n) is 6.05. The topological polar surface area (TPSA) is 77.2 Å². The Kier molecular flexibility index (Phi) is 7.76. The maximum atomic E-state index is 12.7. The van der Waals surface area contributed by atoms with Crippen LogP contribution in [0.3, 0.4) is 0 Å². The number of thiazole rings is 1. The zero-order valence-electron chi connectivity index (χ0n) is 14.3. The largest absolute Gasteiger partial charge is 0.381 e. The van der Waals surface area contributed by atoms with Crippen molar-refractivity contribution in [3.63, 3.8) is 0 Å². The Morgan fingerprint density at radius 1 is 1.46 bits per heavy atom. The van der Waals surface area contributed by atoms with Gasteiger partial charge in [-0.15, -0.1) is 23.7 Å². The number of nitrogens with zero attached hydrogens (tertiary/aromatic N) is 1. The molecule has 0 atom stereocenters. The number of carbonyl (C=O) groups excluding carboxylic acids is 1. The molecule has 2 heterocycles. The standard InChI is InChI=1S/C17H20ClN3O2S2.ClH/c1-11-9-24-16(20-11)25-14-3-2-12(8-13(14)18)21-15(22)17(10-19)4-6-23-7-5-17;/h2-3,8-9H,4-7,10,19H2,1H3,(H,21,22);1H. The van der Waals surface area contributed by atoms with Gasteiger partial charge in [0.15, 0.2) is 4.34 Å². The Balaban J connectivity index is 0.00000243. The first-order valence-electron chi connectivity index (χ1n) is 8.01. The highest BCUT2D eigenvalue weighted by molar-refractivity contribution is 8.01. The molecule has 1 amide bonds. The van der Waals surface area contributed by atoms with E-state index in [1.54, 1.807) is 17.4 Å². The first-order valence-corrected chi connectivity index (χ1v) is 10.1. The van der Waals surface area contributed by atoms with Crippen molar-refractivity contribution >= 4 is 58.7 Å². The van der Waals surface area contributed by atoms with Gasteiger partial charge < -0.3 is 15.8 Å². The fourth-order valence-electron chi connectivity index (χ4n) is 2.68. The first kappa shape index (κ1) is 21.5. The summed E-state index contributed by atoms with van der Waals surface area (Å²) in [7, 11) is 0. The molecule has 1 aliphatic rings. The molecule has 0 spiro atoms. The second-order valence-corrected chi connectivity index (χ2v) is 8.61. The average Bonchev–Trinajstić information content (AvgIpc) is 3.03. The van der Waals surface area contributed by atoms with Gasteiger partial charge >= 0.3 is 0 Å². The third-order valence-corrected chi connectivity index (χ3v) is 6.86. The molecule has 0 saturated carbocycles. The Morgan fingerprint density at radius 2 is 2.19 bits per heavy atom. The molecule has 1 aliphatic heterocycles. The molecule has 3 rings (SSSR count). The van der Waals surface area contributed by atoms with Crippen molar-refractivity contribution in [1.82, 2.24) is 4.98 Å². The van der Waals surface area contributed by atoms with Gasteiger partial charge in [-0.05, 0) is 38.0 Å². The van der Waals surface area contributed by atoms with Crippen molar-refractivity contribution in [2.75, 3.05) is 25.1 Å². The SMILES string of the molecule is Cc1csc(Sc2ccc(NC(=O)C3(CN)CCOCC3)cc2Cl)n1.Cl. The Labute approximate surface area is 172 Å². The number of anilines is 1. The average molecular weight is 434 g/mol. The number of hydrogen-bond acceptors (Lipinski definition) is 6. The molecule has 0 radical (unpaired) electrons. The molecular weight excluding hydrogens is 413 g/mol. The zero-order valence-corrected chi connectivity index (χ0v) is 17.5. The third-order valence-electron chi connectivity index (χ3n) is 4.31. The zero-order chi connectivity index (χ0) is 17.9. The van der Waals surface area contributed by atoms with E-state index in [0.717, 1.165) is 14.9 Å². The van der Waals surface area contributed by atoms with Crippen LogP contribution in [0.5, 0.6) is 0 Å². The second kappa shape index (κ2) is 9.39. The van der Waals surface area contributed by atoms with E-state index in [4.69, 9.17) is 22.1 Å². The summed E-state index contributed by atoms with van der Waals surface area (Å²) in [6, 6.07) is 5.53. The minimum absolute atomic E-state index is 0. The van der Waals surface area contributed by atoms with Crippen LogP contribution in [-0.2, 0) is 9.53 Å². The predicted octanol–water partition coefficient (Wildman–Crippen LogP) is 4.37. The van der Waals surface area contributed by atoms with Crippen molar-refractivity contribution in [3.05, 3.63) is 34.3 Å². The normalized spacial score (nSPS) is 16.0. The van der Waals surface area contributed by atoms with E-state index < -0.39 is 5.41 Å². The molecule has 3 N–H and O–H groups in total. The van der Waals surface area contributed by atoms with E-state index in [1.807, 2.05) is 24.4 Å². The molecule has 0 aliphatic carbocycles. The van der Waals surface area contributed by atoms with E-state index in [2.05, 4.69) is 10.3 Å². The molecule has 0 bridgehead atoms. The number of amides is 1. The van der Waals surface area contributed by atoms with Gasteiger partial charge in [-0.3, -0.25) is 4.79 Å². The van der Waals surface area contributed by atoms with Gasteiger partial charge in [0.2, 0.25) is 5.91 Å². The quantitative estimate of drug-likeness (QED) is 0.731. The molecule has 142 valence electrons. The summed E-state index contributed by atoms with van der Waals surface area (Å²) in [5, 5.41) is 5.55. The van der Waals surface area contributed by atoms with Gasteiger partial charge in [0.1, 0.15) is 0 Å². The lowest BCUT2D eigenvalue weighted by Gasteiger charge is -2.34. The van der Waals surface area contributed by atoms with Crippen LogP contribution in [0, 0.1) is 12.3 Å². The molecule has 0 unspecified atom stereocenters. The fraction of sp³-hybridized carbons (Fsp3) is 0.412. The minimum Gasteiger partial charge on any atom is -0.381 e. The number of ether oxygens (including phenoxy) is 1. The van der Waals surface area contributed by atoms with Crippen LogP contribution >= 0.6 is 47.1 Å². The summed E-state index contributed by atoms with van der Waals surface area (Å²) in [4.78, 5) is 18.0.